The van der Waals surface area contributed by atoms with E-state index in [0.717, 1.165) is 11.3 Å². The third-order valence-corrected chi connectivity index (χ3v) is 5.87. The first-order valence-electron chi connectivity index (χ1n) is 10.1. The van der Waals surface area contributed by atoms with Gasteiger partial charge in [0.1, 0.15) is 0 Å². The van der Waals surface area contributed by atoms with Crippen molar-refractivity contribution in [3.63, 3.8) is 0 Å². The first kappa shape index (κ1) is 23.5. The number of benzene rings is 2. The van der Waals surface area contributed by atoms with Gasteiger partial charge in [-0.3, -0.25) is 4.99 Å². The van der Waals surface area contributed by atoms with Crippen molar-refractivity contribution in [2.45, 2.75) is 26.0 Å². The monoisotopic (exact) mass is 433 g/mol. The SMILES string of the molecule is CCNC(=NCCCS(=O)(=O)Cc1ccccc1)Nc1ccc(OC)c(OCC)c1. The average molecular weight is 434 g/mol. The summed E-state index contributed by atoms with van der Waals surface area (Å²) >= 11 is 0. The summed E-state index contributed by atoms with van der Waals surface area (Å²) in [5, 5.41) is 6.39. The molecule has 8 heteroatoms. The van der Waals surface area contributed by atoms with Gasteiger partial charge in [-0.25, -0.2) is 8.42 Å². The molecule has 0 amide bonds. The number of nitrogens with zero attached hydrogens (tertiary/aromatic N) is 1. The van der Waals surface area contributed by atoms with E-state index in [0.29, 0.717) is 43.6 Å². The summed E-state index contributed by atoms with van der Waals surface area (Å²) in [6.45, 7) is 5.51. The van der Waals surface area contributed by atoms with E-state index in [9.17, 15) is 8.42 Å². The molecule has 0 unspecified atom stereocenters. The van der Waals surface area contributed by atoms with Crippen LogP contribution in [0.2, 0.25) is 0 Å². The van der Waals surface area contributed by atoms with Crippen molar-refractivity contribution in [1.82, 2.24) is 5.32 Å². The molecule has 0 radical (unpaired) electrons. The summed E-state index contributed by atoms with van der Waals surface area (Å²) in [6, 6.07) is 14.8. The van der Waals surface area contributed by atoms with Crippen molar-refractivity contribution in [3.05, 3.63) is 54.1 Å². The van der Waals surface area contributed by atoms with Crippen molar-refractivity contribution >= 4 is 21.5 Å². The molecule has 30 heavy (non-hydrogen) atoms. The van der Waals surface area contributed by atoms with Crippen molar-refractivity contribution < 1.29 is 17.9 Å². The number of sulfone groups is 1. The summed E-state index contributed by atoms with van der Waals surface area (Å²) in [7, 11) is -1.56. The molecule has 0 fully saturated rings. The summed E-state index contributed by atoms with van der Waals surface area (Å²) in [5.41, 5.74) is 1.61. The van der Waals surface area contributed by atoms with E-state index in [1.54, 1.807) is 7.11 Å². The molecule has 0 atom stereocenters. The van der Waals surface area contributed by atoms with Gasteiger partial charge >= 0.3 is 0 Å². The average Bonchev–Trinajstić information content (AvgIpc) is 2.72. The van der Waals surface area contributed by atoms with Gasteiger partial charge < -0.3 is 20.1 Å². The maximum atomic E-state index is 12.3. The van der Waals surface area contributed by atoms with Crippen LogP contribution in [0.1, 0.15) is 25.8 Å². The van der Waals surface area contributed by atoms with E-state index in [2.05, 4.69) is 15.6 Å². The molecule has 0 aliphatic carbocycles. The molecule has 0 saturated heterocycles. The first-order chi connectivity index (χ1) is 14.5. The molecular formula is C22H31N3O4S. The number of methoxy groups -OCH3 is 1. The predicted molar refractivity (Wildman–Crippen MR) is 122 cm³/mol. The van der Waals surface area contributed by atoms with Crippen molar-refractivity contribution in [2.24, 2.45) is 4.99 Å². The molecule has 164 valence electrons. The number of guanidine groups is 1. The van der Waals surface area contributed by atoms with Crippen LogP contribution in [0.25, 0.3) is 0 Å². The highest BCUT2D eigenvalue weighted by atomic mass is 32.2. The second-order valence-electron chi connectivity index (χ2n) is 6.62. The third-order valence-electron chi connectivity index (χ3n) is 4.18. The Kier molecular flexibility index (Phi) is 9.47. The standard InChI is InChI=1S/C22H31N3O4S/c1-4-23-22(25-19-12-13-20(28-3)21(16-19)29-5-2)24-14-9-15-30(26,27)17-18-10-7-6-8-11-18/h6-8,10-13,16H,4-5,9,14-15,17H2,1-3H3,(H2,23,24,25). The van der Waals surface area contributed by atoms with Gasteiger partial charge in [0, 0.05) is 24.8 Å². The molecule has 0 spiro atoms. The maximum absolute atomic E-state index is 12.3. The molecule has 2 rings (SSSR count). The molecule has 7 nitrogen and oxygen atoms in total. The fourth-order valence-electron chi connectivity index (χ4n) is 2.84. The topological polar surface area (TPSA) is 89.0 Å². The largest absolute Gasteiger partial charge is 0.493 e. The van der Waals surface area contributed by atoms with Crippen LogP contribution in [0.4, 0.5) is 5.69 Å². The fourth-order valence-corrected chi connectivity index (χ4v) is 4.26. The minimum Gasteiger partial charge on any atom is -0.493 e. The van der Waals surface area contributed by atoms with Crippen molar-refractivity contribution in [2.75, 3.05) is 37.9 Å². The Morgan fingerprint density at radius 1 is 1.07 bits per heavy atom. The van der Waals surface area contributed by atoms with E-state index < -0.39 is 9.84 Å². The van der Waals surface area contributed by atoms with Crippen molar-refractivity contribution in [3.8, 4) is 11.5 Å². The first-order valence-corrected chi connectivity index (χ1v) is 11.9. The third kappa shape index (κ3) is 7.94. The Labute approximate surface area is 179 Å². The Hall–Kier alpha value is -2.74. The molecule has 2 N–H and O–H groups in total. The number of anilines is 1. The summed E-state index contributed by atoms with van der Waals surface area (Å²) < 4.78 is 35.5. The van der Waals surface area contributed by atoms with Crippen molar-refractivity contribution in [1.29, 1.82) is 0 Å². The highest BCUT2D eigenvalue weighted by Crippen LogP contribution is 2.30. The number of aliphatic imine (C=N–C) groups is 1. The summed E-state index contributed by atoms with van der Waals surface area (Å²) in [6.07, 6.45) is 0.457. The molecule has 0 aliphatic rings. The quantitative estimate of drug-likeness (QED) is 0.320. The normalized spacial score (nSPS) is 11.8. The van der Waals surface area contributed by atoms with Crippen LogP contribution in [0.5, 0.6) is 11.5 Å². The lowest BCUT2D eigenvalue weighted by Crippen LogP contribution is -2.31. The van der Waals surface area contributed by atoms with Crippen LogP contribution in [0.3, 0.4) is 0 Å². The number of hydrogen-bond acceptors (Lipinski definition) is 5. The van der Waals surface area contributed by atoms with E-state index >= 15 is 0 Å². The Balaban J connectivity index is 1.95. The summed E-state index contributed by atoms with van der Waals surface area (Å²) in [5.74, 6) is 2.05. The molecular weight excluding hydrogens is 402 g/mol. The zero-order chi connectivity index (χ0) is 21.8. The Morgan fingerprint density at radius 2 is 1.83 bits per heavy atom. The van der Waals surface area contributed by atoms with Crippen LogP contribution in [-0.2, 0) is 15.6 Å². The number of nitrogens with one attached hydrogen (secondary N) is 2. The van der Waals surface area contributed by atoms with Crippen LogP contribution >= 0.6 is 0 Å². The number of hydrogen-bond donors (Lipinski definition) is 2. The lowest BCUT2D eigenvalue weighted by Gasteiger charge is -2.14. The second-order valence-corrected chi connectivity index (χ2v) is 8.80. The van der Waals surface area contributed by atoms with E-state index in [-0.39, 0.29) is 11.5 Å². The zero-order valence-electron chi connectivity index (χ0n) is 17.8. The highest BCUT2D eigenvalue weighted by Gasteiger charge is 2.12. The Bertz CT molecular complexity index is 915. The fraction of sp³-hybridized carbons (Fsp3) is 0.409. The van der Waals surface area contributed by atoms with E-state index in [1.165, 1.54) is 0 Å². The van der Waals surface area contributed by atoms with Crippen LogP contribution < -0.4 is 20.1 Å². The van der Waals surface area contributed by atoms with Crippen LogP contribution in [0.15, 0.2) is 53.5 Å². The minimum absolute atomic E-state index is 0.0575. The molecule has 2 aromatic carbocycles. The number of rotatable bonds is 11. The van der Waals surface area contributed by atoms with Crippen LogP contribution in [-0.4, -0.2) is 46.9 Å². The van der Waals surface area contributed by atoms with Gasteiger partial charge in [-0.05, 0) is 38.0 Å². The molecule has 2 aromatic rings. The van der Waals surface area contributed by atoms with E-state index in [4.69, 9.17) is 9.47 Å². The molecule has 0 heterocycles. The lowest BCUT2D eigenvalue weighted by molar-refractivity contribution is 0.311. The van der Waals surface area contributed by atoms with Gasteiger partial charge in [0.05, 0.1) is 25.2 Å². The minimum atomic E-state index is -3.16. The smallest absolute Gasteiger partial charge is 0.195 e. The zero-order valence-corrected chi connectivity index (χ0v) is 18.7. The molecule has 0 aliphatic heterocycles. The molecule has 0 aromatic heterocycles. The lowest BCUT2D eigenvalue weighted by atomic mass is 10.2. The molecule has 0 bridgehead atoms. The van der Waals surface area contributed by atoms with Gasteiger partial charge in [-0.15, -0.1) is 0 Å². The van der Waals surface area contributed by atoms with Gasteiger partial charge in [0.25, 0.3) is 0 Å². The van der Waals surface area contributed by atoms with Crippen LogP contribution in [0, 0.1) is 0 Å². The summed E-state index contributed by atoms with van der Waals surface area (Å²) in [4.78, 5) is 4.50. The number of ether oxygens (including phenoxy) is 2. The predicted octanol–water partition coefficient (Wildman–Crippen LogP) is 3.48. The van der Waals surface area contributed by atoms with E-state index in [1.807, 2.05) is 62.4 Å². The highest BCUT2D eigenvalue weighted by molar-refractivity contribution is 7.90. The molecule has 0 saturated carbocycles. The van der Waals surface area contributed by atoms with Gasteiger partial charge in [-0.2, -0.15) is 0 Å². The maximum Gasteiger partial charge on any atom is 0.195 e. The van der Waals surface area contributed by atoms with Gasteiger partial charge in [0.15, 0.2) is 27.3 Å². The second kappa shape index (κ2) is 12.1. The van der Waals surface area contributed by atoms with Gasteiger partial charge in [0.2, 0.25) is 0 Å². The Morgan fingerprint density at radius 3 is 2.50 bits per heavy atom. The van der Waals surface area contributed by atoms with Gasteiger partial charge in [-0.1, -0.05) is 30.3 Å².